The molecule has 0 saturated carbocycles. The lowest BCUT2D eigenvalue weighted by Crippen LogP contribution is -2.52. The molecule has 8 nitrogen and oxygen atoms in total. The number of hydrogen-bond acceptors (Lipinski definition) is 5. The monoisotopic (exact) mass is 401 g/mol. The van der Waals surface area contributed by atoms with Crippen molar-refractivity contribution in [3.8, 4) is 11.5 Å². The molecule has 1 aromatic carbocycles. The highest BCUT2D eigenvalue weighted by atomic mass is 16.5. The van der Waals surface area contributed by atoms with E-state index in [1.165, 1.54) is 0 Å². The maximum atomic E-state index is 12.5. The minimum Gasteiger partial charge on any atom is -0.497 e. The fraction of sp³-hybridized carbons (Fsp3) is 0.524. The van der Waals surface area contributed by atoms with Gasteiger partial charge in [-0.1, -0.05) is 6.92 Å². The Hall–Kier alpha value is -2.74. The zero-order chi connectivity index (χ0) is 20.6. The first-order valence-corrected chi connectivity index (χ1v) is 10.0. The molecule has 1 fully saturated rings. The fourth-order valence-electron chi connectivity index (χ4n) is 3.52. The Bertz CT molecular complexity index is 773. The molecule has 1 saturated heterocycles. The van der Waals surface area contributed by atoms with Gasteiger partial charge in [-0.2, -0.15) is 5.10 Å². The molecule has 158 valence electrons. The normalized spacial score (nSPS) is 15.8. The average molecular weight is 402 g/mol. The van der Waals surface area contributed by atoms with Crippen molar-refractivity contribution in [2.45, 2.75) is 20.0 Å². The van der Waals surface area contributed by atoms with E-state index in [1.807, 2.05) is 40.0 Å². The lowest BCUT2D eigenvalue weighted by Gasteiger charge is -2.35. The Morgan fingerprint density at radius 2 is 2.00 bits per heavy atom. The number of carbonyl (C=O) groups excluding carboxylic acids is 1. The molecular weight excluding hydrogens is 370 g/mol. The zero-order valence-electron chi connectivity index (χ0n) is 17.5. The van der Waals surface area contributed by atoms with Gasteiger partial charge in [0.1, 0.15) is 11.5 Å². The van der Waals surface area contributed by atoms with Crippen LogP contribution >= 0.6 is 0 Å². The molecule has 8 heteroatoms. The molecule has 29 heavy (non-hydrogen) atoms. The lowest BCUT2D eigenvalue weighted by atomic mass is 10.1. The number of ether oxygens (including phenoxy) is 2. The molecule has 2 aromatic rings. The summed E-state index contributed by atoms with van der Waals surface area (Å²) in [6, 6.07) is 7.77. The summed E-state index contributed by atoms with van der Waals surface area (Å²) in [5.74, 6) is 2.00. The molecule has 1 unspecified atom stereocenters. The Morgan fingerprint density at radius 3 is 2.66 bits per heavy atom. The van der Waals surface area contributed by atoms with Gasteiger partial charge in [0.25, 0.3) is 0 Å². The number of methoxy groups -OCH3 is 2. The number of benzene rings is 1. The van der Waals surface area contributed by atoms with Crippen LogP contribution in [-0.2, 0) is 13.1 Å². The molecule has 1 aliphatic rings. The molecule has 0 radical (unpaired) electrons. The Balaban J connectivity index is 1.43. The summed E-state index contributed by atoms with van der Waals surface area (Å²) in [6.45, 7) is 7.41. The van der Waals surface area contributed by atoms with Crippen molar-refractivity contribution in [2.75, 3.05) is 46.9 Å². The Kier molecular flexibility index (Phi) is 7.35. The number of nitrogens with zero attached hydrogens (tertiary/aromatic N) is 4. The molecule has 1 N–H and O–H groups in total. The first kappa shape index (κ1) is 21.0. The van der Waals surface area contributed by atoms with Gasteiger partial charge in [0, 0.05) is 63.8 Å². The highest BCUT2D eigenvalue weighted by Gasteiger charge is 2.22. The first-order valence-electron chi connectivity index (χ1n) is 10.0. The van der Waals surface area contributed by atoms with Crippen LogP contribution in [0.25, 0.3) is 0 Å². The molecule has 2 heterocycles. The van der Waals surface area contributed by atoms with Crippen LogP contribution in [0.5, 0.6) is 11.5 Å². The van der Waals surface area contributed by atoms with Crippen LogP contribution in [0.4, 0.5) is 4.79 Å². The second kappa shape index (κ2) is 10.2. The van der Waals surface area contributed by atoms with Gasteiger partial charge < -0.3 is 19.7 Å². The van der Waals surface area contributed by atoms with Crippen LogP contribution in [0.3, 0.4) is 0 Å². The molecule has 1 aromatic heterocycles. The van der Waals surface area contributed by atoms with Crippen molar-refractivity contribution in [1.29, 1.82) is 0 Å². The van der Waals surface area contributed by atoms with E-state index in [0.29, 0.717) is 25.6 Å². The van der Waals surface area contributed by atoms with Crippen molar-refractivity contribution in [2.24, 2.45) is 5.92 Å². The summed E-state index contributed by atoms with van der Waals surface area (Å²) in [7, 11) is 3.35. The summed E-state index contributed by atoms with van der Waals surface area (Å²) in [6.07, 6.45) is 3.71. The lowest BCUT2D eigenvalue weighted by molar-refractivity contribution is 0.133. The third kappa shape index (κ3) is 5.87. The maximum absolute atomic E-state index is 12.5. The zero-order valence-corrected chi connectivity index (χ0v) is 17.5. The largest absolute Gasteiger partial charge is 0.497 e. The van der Waals surface area contributed by atoms with Crippen LogP contribution in [0.2, 0.25) is 0 Å². The number of aromatic nitrogens is 2. The van der Waals surface area contributed by atoms with E-state index in [2.05, 4.69) is 22.2 Å². The van der Waals surface area contributed by atoms with Crippen molar-refractivity contribution < 1.29 is 14.3 Å². The van der Waals surface area contributed by atoms with Gasteiger partial charge in [-0.3, -0.25) is 9.58 Å². The molecule has 0 bridgehead atoms. The SMILES string of the molecule is COc1ccc(OC)c(CN2CCN(C(=O)NCC(C)Cn3cccn3)CC2)c1. The van der Waals surface area contributed by atoms with Crippen LogP contribution in [0.15, 0.2) is 36.7 Å². The van der Waals surface area contributed by atoms with E-state index in [9.17, 15) is 4.79 Å². The number of piperazine rings is 1. The fourth-order valence-corrected chi connectivity index (χ4v) is 3.52. The number of carbonyl (C=O) groups is 1. The highest BCUT2D eigenvalue weighted by molar-refractivity contribution is 5.74. The van der Waals surface area contributed by atoms with Crippen LogP contribution < -0.4 is 14.8 Å². The van der Waals surface area contributed by atoms with E-state index >= 15 is 0 Å². The standard InChI is InChI=1S/C21H31N5O3/c1-17(15-26-8-4-7-23-26)14-22-21(27)25-11-9-24(10-12-25)16-18-13-19(28-2)5-6-20(18)29-3/h4-8,13,17H,9-12,14-16H2,1-3H3,(H,22,27). The van der Waals surface area contributed by atoms with E-state index in [1.54, 1.807) is 20.4 Å². The van der Waals surface area contributed by atoms with Gasteiger partial charge in [-0.05, 0) is 30.2 Å². The van der Waals surface area contributed by atoms with E-state index in [0.717, 1.165) is 43.2 Å². The summed E-state index contributed by atoms with van der Waals surface area (Å²) in [4.78, 5) is 16.7. The van der Waals surface area contributed by atoms with Gasteiger partial charge in [0.2, 0.25) is 0 Å². The molecule has 0 aliphatic carbocycles. The van der Waals surface area contributed by atoms with Gasteiger partial charge in [-0.15, -0.1) is 0 Å². The van der Waals surface area contributed by atoms with Gasteiger partial charge in [0.05, 0.1) is 14.2 Å². The van der Waals surface area contributed by atoms with Gasteiger partial charge >= 0.3 is 6.03 Å². The summed E-state index contributed by atoms with van der Waals surface area (Å²) in [5.41, 5.74) is 1.09. The predicted molar refractivity (Wildman–Crippen MR) is 111 cm³/mol. The van der Waals surface area contributed by atoms with Crippen molar-refractivity contribution >= 4 is 6.03 Å². The summed E-state index contributed by atoms with van der Waals surface area (Å²) < 4.78 is 12.7. The predicted octanol–water partition coefficient (Wildman–Crippen LogP) is 2.06. The smallest absolute Gasteiger partial charge is 0.317 e. The quantitative estimate of drug-likeness (QED) is 0.733. The van der Waals surface area contributed by atoms with Crippen molar-refractivity contribution in [3.05, 3.63) is 42.2 Å². The van der Waals surface area contributed by atoms with Crippen molar-refractivity contribution in [3.63, 3.8) is 0 Å². The van der Waals surface area contributed by atoms with E-state index in [-0.39, 0.29) is 6.03 Å². The van der Waals surface area contributed by atoms with Gasteiger partial charge in [-0.25, -0.2) is 4.79 Å². The van der Waals surface area contributed by atoms with Crippen LogP contribution in [0, 0.1) is 5.92 Å². The summed E-state index contributed by atoms with van der Waals surface area (Å²) >= 11 is 0. The van der Waals surface area contributed by atoms with Crippen LogP contribution in [-0.4, -0.2) is 72.6 Å². The second-order valence-corrected chi connectivity index (χ2v) is 7.46. The van der Waals surface area contributed by atoms with Crippen LogP contribution in [0.1, 0.15) is 12.5 Å². The minimum absolute atomic E-state index is 0.0101. The third-order valence-corrected chi connectivity index (χ3v) is 5.20. The Morgan fingerprint density at radius 1 is 1.21 bits per heavy atom. The summed E-state index contributed by atoms with van der Waals surface area (Å²) in [5, 5.41) is 7.26. The first-order chi connectivity index (χ1) is 14.1. The highest BCUT2D eigenvalue weighted by Crippen LogP contribution is 2.25. The second-order valence-electron chi connectivity index (χ2n) is 7.46. The molecule has 1 atom stereocenters. The Labute approximate surface area is 172 Å². The number of nitrogens with one attached hydrogen (secondary N) is 1. The minimum atomic E-state index is 0.0101. The molecule has 1 aliphatic heterocycles. The maximum Gasteiger partial charge on any atom is 0.317 e. The number of rotatable bonds is 8. The molecule has 0 spiro atoms. The third-order valence-electron chi connectivity index (χ3n) is 5.20. The molecular formula is C21H31N5O3. The van der Waals surface area contributed by atoms with E-state index < -0.39 is 0 Å². The number of amides is 2. The number of urea groups is 1. The van der Waals surface area contributed by atoms with Crippen molar-refractivity contribution in [1.82, 2.24) is 24.9 Å². The molecule has 3 rings (SSSR count). The van der Waals surface area contributed by atoms with E-state index in [4.69, 9.17) is 9.47 Å². The number of hydrogen-bond donors (Lipinski definition) is 1. The topological polar surface area (TPSA) is 71.9 Å². The average Bonchev–Trinajstić information content (AvgIpc) is 3.25. The van der Waals surface area contributed by atoms with Gasteiger partial charge in [0.15, 0.2) is 0 Å². The molecule has 2 amide bonds.